The monoisotopic (exact) mass is 122 g/mol. The van der Waals surface area contributed by atoms with E-state index in [1.807, 2.05) is 0 Å². The van der Waals surface area contributed by atoms with E-state index in [1.54, 1.807) is 0 Å². The molecule has 0 saturated heterocycles. The Kier molecular flexibility index (Phi) is 6.36. The minimum absolute atomic E-state index is 0.393. The van der Waals surface area contributed by atoms with Gasteiger partial charge >= 0.3 is 0 Å². The van der Waals surface area contributed by atoms with Crippen molar-refractivity contribution in [3.63, 3.8) is 0 Å². The van der Waals surface area contributed by atoms with Gasteiger partial charge in [-0.3, -0.25) is 0 Å². The zero-order valence-corrected chi connectivity index (χ0v) is 5.39. The molecule has 0 aromatic rings. The third-order valence-electron chi connectivity index (χ3n) is 0.795. The first-order valence-electron chi connectivity index (χ1n) is 2.86. The zero-order valence-electron chi connectivity index (χ0n) is 5.39. The molecule has 0 atom stereocenters. The summed E-state index contributed by atoms with van der Waals surface area (Å²) in [5, 5.41) is 0. The number of ether oxygens (including phenoxy) is 1. The Morgan fingerprint density at radius 1 is 1.22 bits per heavy atom. The topological polar surface area (TPSA) is 9.23 Å². The molecule has 0 amide bonds. The summed E-state index contributed by atoms with van der Waals surface area (Å²) in [5.41, 5.74) is 0. The van der Waals surface area contributed by atoms with E-state index in [0.717, 1.165) is 12.8 Å². The van der Waals surface area contributed by atoms with Crippen molar-refractivity contribution in [1.82, 2.24) is 0 Å². The van der Waals surface area contributed by atoms with Crippen molar-refractivity contribution >= 4 is 0 Å². The van der Waals surface area contributed by atoms with E-state index >= 15 is 0 Å². The van der Waals surface area contributed by atoms with Crippen molar-refractivity contribution < 1.29 is 4.74 Å². The number of hydrogen-bond donors (Lipinski definition) is 0. The van der Waals surface area contributed by atoms with Gasteiger partial charge in [0, 0.05) is 13.0 Å². The summed E-state index contributed by atoms with van der Waals surface area (Å²) < 4.78 is 4.95. The van der Waals surface area contributed by atoms with E-state index in [4.69, 9.17) is 17.6 Å². The van der Waals surface area contributed by atoms with Gasteiger partial charge in [0.15, 0.2) is 0 Å². The molecule has 1 nitrogen and oxygen atoms in total. The van der Waals surface area contributed by atoms with Crippen LogP contribution in [0.15, 0.2) is 0 Å². The van der Waals surface area contributed by atoms with Crippen LogP contribution in [0.3, 0.4) is 0 Å². The second-order valence-corrected chi connectivity index (χ2v) is 1.56. The third kappa shape index (κ3) is 7.08. The Morgan fingerprint density at radius 3 is 2.56 bits per heavy atom. The predicted octanol–water partition coefficient (Wildman–Crippen LogP) is 1.05. The van der Waals surface area contributed by atoms with Crippen LogP contribution in [-0.4, -0.2) is 13.2 Å². The van der Waals surface area contributed by atoms with Gasteiger partial charge in [-0.1, -0.05) is 5.92 Å². The zero-order chi connectivity index (χ0) is 6.95. The summed E-state index contributed by atoms with van der Waals surface area (Å²) in [6.07, 6.45) is 11.6. The minimum Gasteiger partial charge on any atom is -0.369 e. The van der Waals surface area contributed by atoms with Gasteiger partial charge in [-0.15, -0.1) is 18.8 Å². The molecule has 0 spiro atoms. The van der Waals surface area contributed by atoms with Gasteiger partial charge in [0.05, 0.1) is 0 Å². The molecule has 9 heavy (non-hydrogen) atoms. The van der Waals surface area contributed by atoms with E-state index in [1.165, 1.54) is 0 Å². The van der Waals surface area contributed by atoms with Gasteiger partial charge in [0.1, 0.15) is 6.61 Å². The first kappa shape index (κ1) is 8.08. The Balaban J connectivity index is 2.79. The van der Waals surface area contributed by atoms with Gasteiger partial charge in [0.2, 0.25) is 0 Å². The molecule has 0 aliphatic carbocycles. The highest BCUT2D eigenvalue weighted by atomic mass is 16.5. The molecule has 0 radical (unpaired) electrons. The number of unbranched alkanes of at least 4 members (excludes halogenated alkanes) is 1. The number of hydrogen-bond acceptors (Lipinski definition) is 1. The summed E-state index contributed by atoms with van der Waals surface area (Å²) in [4.78, 5) is 0. The fraction of sp³-hybridized carbons (Fsp3) is 0.500. The highest BCUT2D eigenvalue weighted by molar-refractivity contribution is 4.84. The molecule has 0 saturated carbocycles. The van der Waals surface area contributed by atoms with Gasteiger partial charge in [-0.25, -0.2) is 0 Å². The van der Waals surface area contributed by atoms with Gasteiger partial charge in [-0.2, -0.15) is 0 Å². The van der Waals surface area contributed by atoms with E-state index in [0.29, 0.717) is 13.2 Å². The standard InChI is InChI=1S/C8H10O/c1-3-5-6-8-9-7-4-2/h1-2H,5-8H2. The molecule has 0 heterocycles. The van der Waals surface area contributed by atoms with Gasteiger partial charge < -0.3 is 4.74 Å². The summed E-state index contributed by atoms with van der Waals surface area (Å²) >= 11 is 0. The Morgan fingerprint density at radius 2 is 2.00 bits per heavy atom. The number of rotatable bonds is 4. The third-order valence-corrected chi connectivity index (χ3v) is 0.795. The smallest absolute Gasteiger partial charge is 0.107 e. The molecular formula is C8H10O. The predicted molar refractivity (Wildman–Crippen MR) is 37.7 cm³/mol. The summed E-state index contributed by atoms with van der Waals surface area (Å²) in [5.74, 6) is 4.88. The van der Waals surface area contributed by atoms with Crippen LogP contribution < -0.4 is 0 Å². The van der Waals surface area contributed by atoms with Crippen molar-refractivity contribution in [2.45, 2.75) is 12.8 Å². The van der Waals surface area contributed by atoms with Gasteiger partial charge in [-0.05, 0) is 6.42 Å². The summed E-state index contributed by atoms with van der Waals surface area (Å²) in [6, 6.07) is 0. The lowest BCUT2D eigenvalue weighted by molar-refractivity contribution is 0.165. The molecule has 0 rings (SSSR count). The van der Waals surface area contributed by atoms with Crippen LogP contribution in [-0.2, 0) is 4.74 Å². The maximum atomic E-state index is 5.00. The molecule has 0 aliphatic rings. The molecule has 0 unspecified atom stereocenters. The van der Waals surface area contributed by atoms with Crippen molar-refractivity contribution in [1.29, 1.82) is 0 Å². The van der Waals surface area contributed by atoms with Crippen molar-refractivity contribution in [2.75, 3.05) is 13.2 Å². The lowest BCUT2D eigenvalue weighted by Gasteiger charge is -1.94. The molecular weight excluding hydrogens is 112 g/mol. The minimum atomic E-state index is 0.393. The Labute approximate surface area is 56.4 Å². The quantitative estimate of drug-likeness (QED) is 0.400. The molecule has 48 valence electrons. The fourth-order valence-corrected chi connectivity index (χ4v) is 0.407. The molecule has 0 aliphatic heterocycles. The van der Waals surface area contributed by atoms with Crippen LogP contribution >= 0.6 is 0 Å². The average Bonchev–Trinajstić information content (AvgIpc) is 1.89. The Hall–Kier alpha value is -0.920. The first-order valence-corrected chi connectivity index (χ1v) is 2.86. The maximum Gasteiger partial charge on any atom is 0.107 e. The summed E-state index contributed by atoms with van der Waals surface area (Å²) in [7, 11) is 0. The van der Waals surface area contributed by atoms with Crippen LogP contribution in [0.4, 0.5) is 0 Å². The lowest BCUT2D eigenvalue weighted by Crippen LogP contribution is -1.93. The highest BCUT2D eigenvalue weighted by Crippen LogP contribution is 1.86. The number of terminal acetylenes is 2. The first-order chi connectivity index (χ1) is 4.41. The molecule has 0 fully saturated rings. The largest absolute Gasteiger partial charge is 0.369 e. The average molecular weight is 122 g/mol. The molecule has 0 N–H and O–H groups in total. The highest BCUT2D eigenvalue weighted by Gasteiger charge is 1.82. The van der Waals surface area contributed by atoms with Gasteiger partial charge in [0.25, 0.3) is 0 Å². The molecule has 0 bridgehead atoms. The van der Waals surface area contributed by atoms with Crippen molar-refractivity contribution in [2.24, 2.45) is 0 Å². The molecule has 1 heteroatoms. The van der Waals surface area contributed by atoms with E-state index < -0.39 is 0 Å². The Bertz CT molecular complexity index is 108. The summed E-state index contributed by atoms with van der Waals surface area (Å²) in [6.45, 7) is 1.07. The van der Waals surface area contributed by atoms with Crippen LogP contribution in [0.5, 0.6) is 0 Å². The normalized spacial score (nSPS) is 7.78. The molecule has 0 aromatic carbocycles. The SMILES string of the molecule is C#CCCCOCC#C. The van der Waals surface area contributed by atoms with Crippen molar-refractivity contribution in [3.8, 4) is 24.7 Å². The van der Waals surface area contributed by atoms with Crippen LogP contribution in [0.1, 0.15) is 12.8 Å². The lowest BCUT2D eigenvalue weighted by atomic mass is 10.3. The fourth-order valence-electron chi connectivity index (χ4n) is 0.407. The van der Waals surface area contributed by atoms with Crippen LogP contribution in [0.2, 0.25) is 0 Å². The molecule has 0 aromatic heterocycles. The van der Waals surface area contributed by atoms with Crippen LogP contribution in [0, 0.1) is 24.7 Å². The van der Waals surface area contributed by atoms with E-state index in [-0.39, 0.29) is 0 Å². The maximum absolute atomic E-state index is 5.00. The second-order valence-electron chi connectivity index (χ2n) is 1.56. The van der Waals surface area contributed by atoms with E-state index in [2.05, 4.69) is 11.8 Å². The second kappa shape index (κ2) is 7.08. The van der Waals surface area contributed by atoms with Crippen LogP contribution in [0.25, 0.3) is 0 Å². The van der Waals surface area contributed by atoms with E-state index in [9.17, 15) is 0 Å². The van der Waals surface area contributed by atoms with Crippen molar-refractivity contribution in [3.05, 3.63) is 0 Å².